The summed E-state index contributed by atoms with van der Waals surface area (Å²) in [6, 6.07) is 22.0. The zero-order chi connectivity index (χ0) is 18.2. The highest BCUT2D eigenvalue weighted by atomic mass is 16.5. The van der Waals surface area contributed by atoms with Gasteiger partial charge in [-0.2, -0.15) is 0 Å². The Morgan fingerprint density at radius 1 is 0.654 bits per heavy atom. The molecule has 0 heterocycles. The first-order valence-corrected chi connectivity index (χ1v) is 9.97. The molecule has 3 aromatic carbocycles. The van der Waals surface area contributed by atoms with Crippen LogP contribution < -0.4 is 4.74 Å². The first-order chi connectivity index (χ1) is 12.8. The standard InChI is InChI=1S/C25H30O/c1-3-4-5-6-7-8-9-20-10-12-21(13-11-20)22-14-15-24-19-25(26-2)17-16-23(24)18-22/h10-19H,3-9H2,1-2H3. The number of rotatable bonds is 9. The Morgan fingerprint density at radius 3 is 2.08 bits per heavy atom. The number of ether oxygens (including phenoxy) is 1. The van der Waals surface area contributed by atoms with Crippen molar-refractivity contribution in [2.75, 3.05) is 7.11 Å². The van der Waals surface area contributed by atoms with Gasteiger partial charge >= 0.3 is 0 Å². The summed E-state index contributed by atoms with van der Waals surface area (Å²) >= 11 is 0. The smallest absolute Gasteiger partial charge is 0.119 e. The van der Waals surface area contributed by atoms with Crippen LogP contribution in [-0.4, -0.2) is 7.11 Å². The second kappa shape index (κ2) is 9.43. The molecular weight excluding hydrogens is 316 g/mol. The molecule has 0 fully saturated rings. The van der Waals surface area contributed by atoms with Crippen molar-refractivity contribution in [1.29, 1.82) is 0 Å². The van der Waals surface area contributed by atoms with E-state index >= 15 is 0 Å². The lowest BCUT2D eigenvalue weighted by Gasteiger charge is -2.07. The van der Waals surface area contributed by atoms with Crippen molar-refractivity contribution in [2.45, 2.75) is 51.9 Å². The first-order valence-electron chi connectivity index (χ1n) is 9.97. The molecule has 0 aliphatic heterocycles. The van der Waals surface area contributed by atoms with E-state index in [0.717, 1.165) is 5.75 Å². The van der Waals surface area contributed by atoms with Crippen LogP contribution in [0.1, 0.15) is 51.0 Å². The second-order valence-electron chi connectivity index (χ2n) is 7.14. The highest BCUT2D eigenvalue weighted by Crippen LogP contribution is 2.27. The Labute approximate surface area is 158 Å². The first kappa shape index (κ1) is 18.5. The fraction of sp³-hybridized carbons (Fsp3) is 0.360. The molecule has 0 N–H and O–H groups in total. The Hall–Kier alpha value is -2.28. The van der Waals surface area contributed by atoms with Gasteiger partial charge in [0.2, 0.25) is 0 Å². The summed E-state index contributed by atoms with van der Waals surface area (Å²) in [7, 11) is 1.71. The van der Waals surface area contributed by atoms with Crippen LogP contribution in [-0.2, 0) is 6.42 Å². The molecule has 0 saturated heterocycles. The number of fused-ring (bicyclic) bond motifs is 1. The highest BCUT2D eigenvalue weighted by Gasteiger charge is 2.02. The summed E-state index contributed by atoms with van der Waals surface area (Å²) in [6.07, 6.45) is 9.34. The molecule has 136 valence electrons. The molecule has 0 spiro atoms. The average molecular weight is 347 g/mol. The van der Waals surface area contributed by atoms with Crippen LogP contribution >= 0.6 is 0 Å². The van der Waals surface area contributed by atoms with Crippen molar-refractivity contribution >= 4 is 10.8 Å². The van der Waals surface area contributed by atoms with Gasteiger partial charge in [-0.15, -0.1) is 0 Å². The van der Waals surface area contributed by atoms with E-state index in [-0.39, 0.29) is 0 Å². The third-order valence-electron chi connectivity index (χ3n) is 5.15. The zero-order valence-electron chi connectivity index (χ0n) is 16.1. The topological polar surface area (TPSA) is 9.23 Å². The van der Waals surface area contributed by atoms with Gasteiger partial charge in [-0.05, 0) is 58.5 Å². The van der Waals surface area contributed by atoms with Crippen molar-refractivity contribution < 1.29 is 4.74 Å². The molecular formula is C25H30O. The van der Waals surface area contributed by atoms with Crippen LogP contribution in [0.3, 0.4) is 0 Å². The third kappa shape index (κ3) is 4.88. The summed E-state index contributed by atoms with van der Waals surface area (Å²) in [5, 5.41) is 2.47. The van der Waals surface area contributed by atoms with Gasteiger partial charge in [-0.1, -0.05) is 81.5 Å². The normalized spacial score (nSPS) is 11.0. The van der Waals surface area contributed by atoms with Crippen molar-refractivity contribution in [2.24, 2.45) is 0 Å². The maximum atomic E-state index is 5.31. The lowest BCUT2D eigenvalue weighted by Crippen LogP contribution is -1.87. The van der Waals surface area contributed by atoms with Crippen LogP contribution in [0.15, 0.2) is 60.7 Å². The summed E-state index contributed by atoms with van der Waals surface area (Å²) in [5.41, 5.74) is 4.01. The minimum absolute atomic E-state index is 0.907. The van der Waals surface area contributed by atoms with E-state index in [1.54, 1.807) is 7.11 Å². The molecule has 3 aromatic rings. The predicted octanol–water partition coefficient (Wildman–Crippen LogP) is 7.42. The molecule has 0 saturated carbocycles. The van der Waals surface area contributed by atoms with Crippen LogP contribution in [0.5, 0.6) is 5.75 Å². The quantitative estimate of drug-likeness (QED) is 0.366. The summed E-state index contributed by atoms with van der Waals surface area (Å²) in [5.74, 6) is 0.907. The van der Waals surface area contributed by atoms with Crippen molar-refractivity contribution in [1.82, 2.24) is 0 Å². The van der Waals surface area contributed by atoms with Gasteiger partial charge in [-0.25, -0.2) is 0 Å². The average Bonchev–Trinajstić information content (AvgIpc) is 2.70. The minimum Gasteiger partial charge on any atom is -0.497 e. The molecule has 0 aromatic heterocycles. The molecule has 0 aliphatic carbocycles. The molecule has 1 heteroatoms. The van der Waals surface area contributed by atoms with Crippen LogP contribution in [0.4, 0.5) is 0 Å². The SMILES string of the molecule is CCCCCCCCc1ccc(-c2ccc3cc(OC)ccc3c2)cc1. The largest absolute Gasteiger partial charge is 0.497 e. The van der Waals surface area contributed by atoms with Crippen molar-refractivity contribution in [3.05, 3.63) is 66.2 Å². The lowest BCUT2D eigenvalue weighted by molar-refractivity contribution is 0.415. The molecule has 0 aliphatic rings. The van der Waals surface area contributed by atoms with E-state index in [9.17, 15) is 0 Å². The third-order valence-corrected chi connectivity index (χ3v) is 5.15. The monoisotopic (exact) mass is 346 g/mol. The van der Waals surface area contributed by atoms with Gasteiger partial charge < -0.3 is 4.74 Å². The van der Waals surface area contributed by atoms with Crippen LogP contribution in [0.2, 0.25) is 0 Å². The van der Waals surface area contributed by atoms with E-state index in [1.807, 2.05) is 6.07 Å². The molecule has 3 rings (SSSR count). The summed E-state index contributed by atoms with van der Waals surface area (Å²) < 4.78 is 5.31. The van der Waals surface area contributed by atoms with Gasteiger partial charge in [0, 0.05) is 0 Å². The zero-order valence-corrected chi connectivity index (χ0v) is 16.1. The van der Waals surface area contributed by atoms with Crippen LogP contribution in [0.25, 0.3) is 21.9 Å². The Balaban J connectivity index is 1.62. The van der Waals surface area contributed by atoms with E-state index in [1.165, 1.54) is 72.4 Å². The lowest BCUT2D eigenvalue weighted by atomic mass is 9.98. The van der Waals surface area contributed by atoms with Gasteiger partial charge in [0.05, 0.1) is 7.11 Å². The molecule has 0 amide bonds. The maximum Gasteiger partial charge on any atom is 0.119 e. The van der Waals surface area contributed by atoms with Gasteiger partial charge in [0.15, 0.2) is 0 Å². The maximum absolute atomic E-state index is 5.31. The fourth-order valence-corrected chi connectivity index (χ4v) is 3.50. The Bertz CT molecular complexity index is 817. The van der Waals surface area contributed by atoms with E-state index in [0.29, 0.717) is 0 Å². The van der Waals surface area contributed by atoms with Crippen molar-refractivity contribution in [3.63, 3.8) is 0 Å². The highest BCUT2D eigenvalue weighted by molar-refractivity contribution is 5.88. The van der Waals surface area contributed by atoms with Gasteiger partial charge in [0.1, 0.15) is 5.75 Å². The molecule has 1 nitrogen and oxygen atoms in total. The number of hydrogen-bond donors (Lipinski definition) is 0. The Morgan fingerprint density at radius 2 is 1.31 bits per heavy atom. The molecule has 0 bridgehead atoms. The molecule has 0 atom stereocenters. The fourth-order valence-electron chi connectivity index (χ4n) is 3.50. The molecule has 0 unspecified atom stereocenters. The minimum atomic E-state index is 0.907. The van der Waals surface area contributed by atoms with Crippen LogP contribution in [0, 0.1) is 0 Å². The van der Waals surface area contributed by atoms with Crippen molar-refractivity contribution in [3.8, 4) is 16.9 Å². The molecule has 26 heavy (non-hydrogen) atoms. The number of hydrogen-bond acceptors (Lipinski definition) is 1. The number of aryl methyl sites for hydroxylation is 1. The van der Waals surface area contributed by atoms with Gasteiger partial charge in [0.25, 0.3) is 0 Å². The molecule has 0 radical (unpaired) electrons. The second-order valence-corrected chi connectivity index (χ2v) is 7.14. The van der Waals surface area contributed by atoms with E-state index < -0.39 is 0 Å². The number of methoxy groups -OCH3 is 1. The van der Waals surface area contributed by atoms with Gasteiger partial charge in [-0.3, -0.25) is 0 Å². The number of benzene rings is 3. The predicted molar refractivity (Wildman–Crippen MR) is 113 cm³/mol. The van der Waals surface area contributed by atoms with E-state index in [2.05, 4.69) is 61.5 Å². The summed E-state index contributed by atoms with van der Waals surface area (Å²) in [4.78, 5) is 0. The summed E-state index contributed by atoms with van der Waals surface area (Å²) in [6.45, 7) is 2.27. The number of unbranched alkanes of at least 4 members (excludes halogenated alkanes) is 5. The van der Waals surface area contributed by atoms with E-state index in [4.69, 9.17) is 4.74 Å². The Kier molecular flexibility index (Phi) is 6.71.